The number of aryl methyl sites for hydroxylation is 3. The second-order valence-electron chi connectivity index (χ2n) is 6.80. The lowest BCUT2D eigenvalue weighted by atomic mass is 9.80. The van der Waals surface area contributed by atoms with Crippen LogP contribution in [0.25, 0.3) is 0 Å². The zero-order valence-corrected chi connectivity index (χ0v) is 15.2. The summed E-state index contributed by atoms with van der Waals surface area (Å²) in [5.74, 6) is 0.780. The molecule has 0 bridgehead atoms. The number of phenols is 1. The molecular formula is C21H28O. The van der Waals surface area contributed by atoms with Crippen LogP contribution in [0.1, 0.15) is 62.9 Å². The zero-order chi connectivity index (χ0) is 16.8. The van der Waals surface area contributed by atoms with Crippen molar-refractivity contribution >= 4 is 0 Å². The van der Waals surface area contributed by atoms with Crippen LogP contribution in [-0.4, -0.2) is 5.11 Å². The molecule has 0 spiro atoms. The van der Waals surface area contributed by atoms with Gasteiger partial charge in [0.05, 0.1) is 0 Å². The highest BCUT2D eigenvalue weighted by molar-refractivity contribution is 5.57. The van der Waals surface area contributed by atoms with Crippen LogP contribution < -0.4 is 0 Å². The second-order valence-corrected chi connectivity index (χ2v) is 6.80. The van der Waals surface area contributed by atoms with E-state index in [1.807, 2.05) is 13.8 Å². The van der Waals surface area contributed by atoms with Gasteiger partial charge in [-0.15, -0.1) is 0 Å². The molecule has 0 amide bonds. The van der Waals surface area contributed by atoms with Crippen molar-refractivity contribution in [3.8, 4) is 5.75 Å². The van der Waals surface area contributed by atoms with Gasteiger partial charge in [0.1, 0.15) is 5.75 Å². The van der Waals surface area contributed by atoms with Crippen molar-refractivity contribution in [2.24, 2.45) is 0 Å². The van der Waals surface area contributed by atoms with Crippen molar-refractivity contribution in [2.45, 2.75) is 61.3 Å². The normalized spacial score (nSPS) is 12.5. The van der Waals surface area contributed by atoms with Crippen LogP contribution in [0.2, 0.25) is 0 Å². The Hall–Kier alpha value is -1.76. The largest absolute Gasteiger partial charge is 0.507 e. The van der Waals surface area contributed by atoms with Crippen LogP contribution in [0.5, 0.6) is 5.75 Å². The van der Waals surface area contributed by atoms with Gasteiger partial charge in [-0.05, 0) is 93.0 Å². The first-order valence-electron chi connectivity index (χ1n) is 8.03. The number of hydrogen-bond acceptors (Lipinski definition) is 1. The van der Waals surface area contributed by atoms with Crippen LogP contribution in [0, 0.1) is 48.5 Å². The highest BCUT2D eigenvalue weighted by Crippen LogP contribution is 2.39. The summed E-state index contributed by atoms with van der Waals surface area (Å²) >= 11 is 0. The molecule has 22 heavy (non-hydrogen) atoms. The van der Waals surface area contributed by atoms with E-state index in [-0.39, 0.29) is 0 Å². The van der Waals surface area contributed by atoms with Crippen LogP contribution in [-0.2, 0) is 0 Å². The SMILES string of the molecule is Cc1cc(C)c(C(C)c2c(C)c(C)c(O)c(C)c2C)c(C)c1. The van der Waals surface area contributed by atoms with Crippen molar-refractivity contribution < 1.29 is 5.11 Å². The van der Waals surface area contributed by atoms with Gasteiger partial charge in [-0.25, -0.2) is 0 Å². The Morgan fingerprint density at radius 1 is 0.682 bits per heavy atom. The van der Waals surface area contributed by atoms with Gasteiger partial charge in [-0.3, -0.25) is 0 Å². The number of hydrogen-bond donors (Lipinski definition) is 1. The zero-order valence-electron chi connectivity index (χ0n) is 15.2. The van der Waals surface area contributed by atoms with E-state index < -0.39 is 0 Å². The van der Waals surface area contributed by atoms with Crippen molar-refractivity contribution in [3.05, 3.63) is 62.2 Å². The van der Waals surface area contributed by atoms with Gasteiger partial charge in [-0.2, -0.15) is 0 Å². The molecule has 0 radical (unpaired) electrons. The molecule has 118 valence electrons. The molecule has 0 aliphatic carbocycles. The second kappa shape index (κ2) is 5.79. The van der Waals surface area contributed by atoms with Gasteiger partial charge < -0.3 is 5.11 Å². The topological polar surface area (TPSA) is 20.2 Å². The molecule has 1 heteroatoms. The molecule has 0 fully saturated rings. The lowest BCUT2D eigenvalue weighted by Gasteiger charge is -2.25. The van der Waals surface area contributed by atoms with Crippen molar-refractivity contribution in [2.75, 3.05) is 0 Å². The summed E-state index contributed by atoms with van der Waals surface area (Å²) in [6.45, 7) is 17.1. The molecule has 2 rings (SSSR count). The Morgan fingerprint density at radius 2 is 1.09 bits per heavy atom. The summed E-state index contributed by atoms with van der Waals surface area (Å²) in [6.07, 6.45) is 0. The summed E-state index contributed by atoms with van der Waals surface area (Å²) in [6, 6.07) is 4.53. The van der Waals surface area contributed by atoms with Gasteiger partial charge in [0.15, 0.2) is 0 Å². The van der Waals surface area contributed by atoms with E-state index in [0.29, 0.717) is 11.7 Å². The standard InChI is InChI=1S/C21H28O/c1-11-9-12(2)19(13(3)10-11)18(8)20-14(4)16(6)21(22)17(7)15(20)5/h9-10,18,22H,1-8H3. The Bertz CT molecular complexity index is 686. The minimum Gasteiger partial charge on any atom is -0.507 e. The number of rotatable bonds is 2. The van der Waals surface area contributed by atoms with Crippen LogP contribution in [0.15, 0.2) is 12.1 Å². The predicted molar refractivity (Wildman–Crippen MR) is 95.2 cm³/mol. The maximum atomic E-state index is 10.3. The van der Waals surface area contributed by atoms with Crippen molar-refractivity contribution in [1.82, 2.24) is 0 Å². The summed E-state index contributed by atoms with van der Waals surface area (Å²) in [7, 11) is 0. The third-order valence-electron chi connectivity index (χ3n) is 5.25. The minimum absolute atomic E-state index is 0.332. The van der Waals surface area contributed by atoms with Gasteiger partial charge in [0.2, 0.25) is 0 Å². The predicted octanol–water partition coefficient (Wildman–Crippen LogP) is 5.70. The Labute approximate surface area is 135 Å². The van der Waals surface area contributed by atoms with Gasteiger partial charge in [0, 0.05) is 5.92 Å². The maximum Gasteiger partial charge on any atom is 0.121 e. The first-order chi connectivity index (χ1) is 10.2. The summed E-state index contributed by atoms with van der Waals surface area (Å²) < 4.78 is 0. The highest BCUT2D eigenvalue weighted by Gasteiger charge is 2.22. The van der Waals surface area contributed by atoms with Gasteiger partial charge in [-0.1, -0.05) is 24.6 Å². The Morgan fingerprint density at radius 3 is 1.50 bits per heavy atom. The number of aromatic hydroxyl groups is 1. The summed E-state index contributed by atoms with van der Waals surface area (Å²) in [5, 5.41) is 10.3. The van der Waals surface area contributed by atoms with Crippen LogP contribution in [0.3, 0.4) is 0 Å². The molecule has 0 saturated heterocycles. The molecule has 0 aliphatic rings. The van der Waals surface area contributed by atoms with E-state index in [2.05, 4.69) is 53.7 Å². The smallest absolute Gasteiger partial charge is 0.121 e. The fourth-order valence-corrected chi connectivity index (χ4v) is 3.99. The molecule has 1 nitrogen and oxygen atoms in total. The Balaban J connectivity index is 2.73. The van der Waals surface area contributed by atoms with Gasteiger partial charge in [0.25, 0.3) is 0 Å². The highest BCUT2D eigenvalue weighted by atomic mass is 16.3. The molecule has 2 aromatic carbocycles. The number of phenolic OH excluding ortho intramolecular Hbond substituents is 1. The molecule has 2 aromatic rings. The number of benzene rings is 2. The van der Waals surface area contributed by atoms with Crippen LogP contribution >= 0.6 is 0 Å². The molecule has 0 heterocycles. The van der Waals surface area contributed by atoms with E-state index in [9.17, 15) is 5.11 Å². The van der Waals surface area contributed by atoms with Crippen molar-refractivity contribution in [1.29, 1.82) is 0 Å². The Kier molecular flexibility index (Phi) is 4.37. The molecule has 0 aromatic heterocycles. The third-order valence-corrected chi connectivity index (χ3v) is 5.25. The first kappa shape index (κ1) is 16.6. The van der Waals surface area contributed by atoms with E-state index in [0.717, 1.165) is 11.1 Å². The fraction of sp³-hybridized carbons (Fsp3) is 0.429. The monoisotopic (exact) mass is 296 g/mol. The lowest BCUT2D eigenvalue weighted by Crippen LogP contribution is -2.08. The van der Waals surface area contributed by atoms with E-state index >= 15 is 0 Å². The third kappa shape index (κ3) is 2.54. The molecule has 0 saturated carbocycles. The molecule has 1 N–H and O–H groups in total. The van der Waals surface area contributed by atoms with E-state index in [4.69, 9.17) is 0 Å². The van der Waals surface area contributed by atoms with Crippen molar-refractivity contribution in [3.63, 3.8) is 0 Å². The molecule has 1 atom stereocenters. The maximum absolute atomic E-state index is 10.3. The van der Waals surface area contributed by atoms with Crippen LogP contribution in [0.4, 0.5) is 0 Å². The summed E-state index contributed by atoms with van der Waals surface area (Å²) in [5.41, 5.74) is 11.3. The molecular weight excluding hydrogens is 268 g/mol. The first-order valence-corrected chi connectivity index (χ1v) is 8.03. The average molecular weight is 296 g/mol. The van der Waals surface area contributed by atoms with E-state index in [1.165, 1.54) is 38.9 Å². The fourth-order valence-electron chi connectivity index (χ4n) is 3.99. The quantitative estimate of drug-likeness (QED) is 0.753. The summed E-state index contributed by atoms with van der Waals surface area (Å²) in [4.78, 5) is 0. The van der Waals surface area contributed by atoms with Gasteiger partial charge >= 0.3 is 0 Å². The molecule has 0 aliphatic heterocycles. The lowest BCUT2D eigenvalue weighted by molar-refractivity contribution is 0.465. The average Bonchev–Trinajstić information content (AvgIpc) is 2.42. The van der Waals surface area contributed by atoms with E-state index in [1.54, 1.807) is 0 Å². The molecule has 1 unspecified atom stereocenters. The minimum atomic E-state index is 0.332.